The van der Waals surface area contributed by atoms with E-state index in [1.807, 2.05) is 0 Å². The molecule has 0 bridgehead atoms. The molecule has 1 N–H and O–H groups in total. The average molecular weight is 255 g/mol. The first kappa shape index (κ1) is 13.3. The predicted molar refractivity (Wildman–Crippen MR) is 66.3 cm³/mol. The van der Waals surface area contributed by atoms with Gasteiger partial charge in [0.25, 0.3) is 0 Å². The number of sulfonamides is 1. The second kappa shape index (κ2) is 4.61. The lowest BCUT2D eigenvalue weighted by atomic mass is 9.95. The summed E-state index contributed by atoms with van der Waals surface area (Å²) >= 11 is 0. The minimum atomic E-state index is -3.08. The maximum absolute atomic E-state index is 11.3. The van der Waals surface area contributed by atoms with Crippen molar-refractivity contribution in [2.24, 2.45) is 0 Å². The van der Waals surface area contributed by atoms with Gasteiger partial charge in [0, 0.05) is 18.8 Å². The van der Waals surface area contributed by atoms with Crippen molar-refractivity contribution in [1.29, 1.82) is 0 Å². The number of hydrogen-bond acceptors (Lipinski definition) is 3. The molecule has 1 heterocycles. The van der Waals surface area contributed by atoms with E-state index in [2.05, 4.69) is 12.5 Å². The minimum Gasteiger partial charge on any atom is -0.389 e. The van der Waals surface area contributed by atoms with Crippen LogP contribution in [0.2, 0.25) is 0 Å². The Kier molecular flexibility index (Phi) is 4.08. The van der Waals surface area contributed by atoms with E-state index in [0.29, 0.717) is 25.9 Å². The summed E-state index contributed by atoms with van der Waals surface area (Å²) in [5.41, 5.74) is -0.629. The molecule has 0 spiro atoms. The van der Waals surface area contributed by atoms with Gasteiger partial charge in [0.1, 0.15) is 0 Å². The smallest absolute Gasteiger partial charge is 0.211 e. The summed E-state index contributed by atoms with van der Waals surface area (Å²) in [6, 6.07) is 0. The van der Waals surface area contributed by atoms with Gasteiger partial charge in [-0.1, -0.05) is 0 Å². The molecule has 0 atom stereocenters. The molecule has 0 unspecified atom stereocenters. The fraction of sp³-hybridized carbons (Fsp3) is 1.00. The maximum atomic E-state index is 11.3. The Morgan fingerprint density at radius 2 is 1.80 bits per heavy atom. The molecule has 92 valence electrons. The third-order valence-electron chi connectivity index (χ3n) is 2.73. The van der Waals surface area contributed by atoms with Gasteiger partial charge in [-0.25, -0.2) is 12.7 Å². The van der Waals surface area contributed by atoms with E-state index >= 15 is 0 Å². The zero-order valence-corrected chi connectivity index (χ0v) is 11.3. The lowest BCUT2D eigenvalue weighted by Crippen LogP contribution is -2.48. The molecule has 0 aliphatic carbocycles. The fourth-order valence-electron chi connectivity index (χ4n) is 1.98. The molecule has 1 rings (SSSR count). The highest BCUT2D eigenvalue weighted by atomic mass is 32.2. The van der Waals surface area contributed by atoms with Crippen LogP contribution in [0.15, 0.2) is 0 Å². The van der Waals surface area contributed by atoms with Crippen LogP contribution >= 0.6 is 10.9 Å². The zero-order chi connectivity index (χ0) is 11.7. The Labute approximate surface area is 95.1 Å². The lowest BCUT2D eigenvalue weighted by molar-refractivity contribution is 0.0170. The highest BCUT2D eigenvalue weighted by Crippen LogP contribution is 2.30. The Bertz CT molecular complexity index is 305. The first-order valence-corrected chi connectivity index (χ1v) is 9.32. The molecule has 15 heavy (non-hydrogen) atoms. The van der Waals surface area contributed by atoms with Crippen LogP contribution in [0.3, 0.4) is 0 Å². The molecular weight excluding hydrogens is 234 g/mol. The average Bonchev–Trinajstić information content (AvgIpc) is 2.00. The summed E-state index contributed by atoms with van der Waals surface area (Å²) in [6.45, 7) is 0.914. The Morgan fingerprint density at radius 3 is 2.13 bits per heavy atom. The molecule has 1 aliphatic heterocycles. The molecule has 1 saturated heterocycles. The molecule has 0 aromatic carbocycles. The Morgan fingerprint density at radius 1 is 1.33 bits per heavy atom. The third-order valence-corrected chi connectivity index (χ3v) is 5.26. The van der Waals surface area contributed by atoms with Gasteiger partial charge in [0.15, 0.2) is 0 Å². The van der Waals surface area contributed by atoms with Gasteiger partial charge >= 0.3 is 0 Å². The summed E-state index contributed by atoms with van der Waals surface area (Å²) in [6.07, 6.45) is 6.64. The van der Waals surface area contributed by atoms with Gasteiger partial charge < -0.3 is 5.11 Å². The lowest BCUT2D eigenvalue weighted by Gasteiger charge is -2.38. The molecule has 1 aliphatic rings. The number of piperidine rings is 1. The van der Waals surface area contributed by atoms with Crippen LogP contribution in [0.5, 0.6) is 0 Å². The first-order chi connectivity index (χ1) is 6.73. The predicted octanol–water partition coefficient (Wildman–Crippen LogP) is 0.0337. The van der Waals surface area contributed by atoms with Crippen molar-refractivity contribution in [3.05, 3.63) is 0 Å². The molecule has 0 radical (unpaired) electrons. The molecule has 1 fully saturated rings. The van der Waals surface area contributed by atoms with Crippen LogP contribution < -0.4 is 0 Å². The summed E-state index contributed by atoms with van der Waals surface area (Å²) in [4.78, 5) is 0. The molecule has 4 nitrogen and oxygen atoms in total. The van der Waals surface area contributed by atoms with Crippen molar-refractivity contribution in [2.75, 3.05) is 37.6 Å². The first-order valence-electron chi connectivity index (χ1n) is 5.05. The van der Waals surface area contributed by atoms with Crippen molar-refractivity contribution in [1.82, 2.24) is 4.31 Å². The number of nitrogens with zero attached hydrogens (tertiary/aromatic N) is 1. The van der Waals surface area contributed by atoms with Gasteiger partial charge in [0.05, 0.1) is 11.9 Å². The van der Waals surface area contributed by atoms with Crippen LogP contribution in [0, 0.1) is 0 Å². The highest BCUT2D eigenvalue weighted by Gasteiger charge is 2.35. The van der Waals surface area contributed by atoms with E-state index in [4.69, 9.17) is 0 Å². The summed E-state index contributed by atoms with van der Waals surface area (Å²) < 4.78 is 24.0. The normalized spacial score (nSPS) is 23.9. The second-order valence-corrected chi connectivity index (χ2v) is 9.08. The summed E-state index contributed by atoms with van der Waals surface area (Å²) in [5, 5.41) is 10.2. The maximum Gasteiger partial charge on any atom is 0.211 e. The topological polar surface area (TPSA) is 57.6 Å². The number of thiol groups is 1. The van der Waals surface area contributed by atoms with Crippen molar-refractivity contribution in [3.63, 3.8) is 0 Å². The summed E-state index contributed by atoms with van der Waals surface area (Å²) in [7, 11) is -3.21. The quantitative estimate of drug-likeness (QED) is 0.700. The monoisotopic (exact) mass is 255 g/mol. The van der Waals surface area contributed by atoms with E-state index in [1.165, 1.54) is 10.6 Å². The van der Waals surface area contributed by atoms with Crippen LogP contribution in [0.25, 0.3) is 0 Å². The minimum absolute atomic E-state index is 0.132. The zero-order valence-electron chi connectivity index (χ0n) is 9.60. The standard InChI is InChI=1S/C9H21NO3S2/c1-14(2)8-9(11)4-6-10(7-5-9)15(3,12)13/h11,14H,4-8H2,1-3H3. The molecule has 0 amide bonds. The Hall–Kier alpha value is 0.220. The molecule has 0 aromatic rings. The molecule has 6 heteroatoms. The van der Waals surface area contributed by atoms with Crippen LogP contribution in [-0.2, 0) is 10.0 Å². The van der Waals surface area contributed by atoms with Gasteiger partial charge in [-0.2, -0.15) is 0 Å². The second-order valence-electron chi connectivity index (χ2n) is 4.62. The van der Waals surface area contributed by atoms with E-state index < -0.39 is 15.6 Å². The van der Waals surface area contributed by atoms with Crippen molar-refractivity contribution in [2.45, 2.75) is 18.4 Å². The van der Waals surface area contributed by atoms with E-state index in [1.54, 1.807) is 0 Å². The van der Waals surface area contributed by atoms with Crippen molar-refractivity contribution in [3.8, 4) is 0 Å². The van der Waals surface area contributed by atoms with E-state index in [-0.39, 0.29) is 10.9 Å². The van der Waals surface area contributed by atoms with Crippen molar-refractivity contribution >= 4 is 20.9 Å². The number of aliphatic hydroxyl groups is 1. The fourth-order valence-corrected chi connectivity index (χ4v) is 4.32. The summed E-state index contributed by atoms with van der Waals surface area (Å²) in [5.74, 6) is 0.819. The SMILES string of the molecule is C[SH](C)CC1(O)CCN(S(C)(=O)=O)CC1. The molecule has 0 aromatic heterocycles. The van der Waals surface area contributed by atoms with Gasteiger partial charge in [-0.05, 0) is 25.4 Å². The number of hydrogen-bond donors (Lipinski definition) is 2. The largest absolute Gasteiger partial charge is 0.389 e. The van der Waals surface area contributed by atoms with Gasteiger partial charge in [-0.15, -0.1) is 0 Å². The van der Waals surface area contributed by atoms with Crippen molar-refractivity contribution < 1.29 is 13.5 Å². The highest BCUT2D eigenvalue weighted by molar-refractivity contribution is 8.15. The van der Waals surface area contributed by atoms with E-state index in [9.17, 15) is 13.5 Å². The van der Waals surface area contributed by atoms with Gasteiger partial charge in [-0.3, -0.25) is 10.9 Å². The Balaban J connectivity index is 2.55. The van der Waals surface area contributed by atoms with Crippen LogP contribution in [0.4, 0.5) is 0 Å². The molecular formula is C9H21NO3S2. The van der Waals surface area contributed by atoms with E-state index in [0.717, 1.165) is 5.75 Å². The molecule has 0 saturated carbocycles. The third kappa shape index (κ3) is 3.94. The number of rotatable bonds is 3. The van der Waals surface area contributed by atoms with Gasteiger partial charge in [0.2, 0.25) is 10.0 Å². The van der Waals surface area contributed by atoms with Crippen LogP contribution in [-0.4, -0.2) is 61.0 Å². The van der Waals surface area contributed by atoms with Crippen LogP contribution in [0.1, 0.15) is 12.8 Å².